The quantitative estimate of drug-likeness (QED) is 0.626. The van der Waals surface area contributed by atoms with E-state index in [1.54, 1.807) is 12.4 Å². The van der Waals surface area contributed by atoms with Crippen molar-refractivity contribution in [3.05, 3.63) is 30.1 Å². The van der Waals surface area contributed by atoms with E-state index in [0.717, 1.165) is 5.56 Å². The Morgan fingerprint density at radius 3 is 2.75 bits per heavy atom. The first kappa shape index (κ1) is 7.71. The highest BCUT2D eigenvalue weighted by Gasteiger charge is 2.15. The molecule has 3 nitrogen and oxygen atoms in total. The first-order valence-electron chi connectivity index (χ1n) is 4.06. The molecule has 0 bridgehead atoms. The van der Waals surface area contributed by atoms with Crippen LogP contribution in [0.4, 0.5) is 0 Å². The first-order valence-corrected chi connectivity index (χ1v) is 4.06. The molecule has 2 rings (SSSR count). The predicted octanol–water partition coefficient (Wildman–Crippen LogP) is 1.17. The van der Waals surface area contributed by atoms with Gasteiger partial charge in [0.05, 0.1) is 19.8 Å². The molecule has 0 spiro atoms. The monoisotopic (exact) mass is 165 g/mol. The molecule has 0 N–H and O–H groups in total. The topological polar surface area (TPSA) is 31.4 Å². The van der Waals surface area contributed by atoms with Crippen LogP contribution in [-0.2, 0) is 9.47 Å². The van der Waals surface area contributed by atoms with Crippen LogP contribution in [0.1, 0.15) is 11.7 Å². The molecule has 1 atom stereocenters. The van der Waals surface area contributed by atoms with Gasteiger partial charge in [-0.25, -0.2) is 0 Å². The maximum atomic E-state index is 5.51. The minimum Gasteiger partial charge on any atom is -0.376 e. The maximum Gasteiger partial charge on any atom is 0.106 e. The Morgan fingerprint density at radius 1 is 1.25 bits per heavy atom. The van der Waals surface area contributed by atoms with E-state index in [1.165, 1.54) is 0 Å². The SMILES string of the molecule is c1cc(C2COCCO2)ccn1. The molecule has 1 saturated heterocycles. The Morgan fingerprint density at radius 2 is 2.08 bits per heavy atom. The smallest absolute Gasteiger partial charge is 0.106 e. The molecule has 0 saturated carbocycles. The summed E-state index contributed by atoms with van der Waals surface area (Å²) in [5, 5.41) is 0. The zero-order valence-electron chi connectivity index (χ0n) is 6.77. The number of rotatable bonds is 1. The highest BCUT2D eigenvalue weighted by atomic mass is 16.6. The summed E-state index contributed by atoms with van der Waals surface area (Å²) in [5.41, 5.74) is 1.14. The fraction of sp³-hybridized carbons (Fsp3) is 0.444. The molecule has 1 aromatic heterocycles. The molecule has 0 amide bonds. The van der Waals surface area contributed by atoms with E-state index < -0.39 is 0 Å². The fourth-order valence-electron chi connectivity index (χ4n) is 1.26. The predicted molar refractivity (Wildman–Crippen MR) is 43.7 cm³/mol. The Labute approximate surface area is 71.3 Å². The molecule has 1 aliphatic heterocycles. The van der Waals surface area contributed by atoms with E-state index in [9.17, 15) is 0 Å². The third-order valence-electron chi connectivity index (χ3n) is 1.89. The second kappa shape index (κ2) is 3.65. The summed E-state index contributed by atoms with van der Waals surface area (Å²) >= 11 is 0. The van der Waals surface area contributed by atoms with E-state index in [4.69, 9.17) is 9.47 Å². The molecular formula is C9H11NO2. The third-order valence-corrected chi connectivity index (χ3v) is 1.89. The van der Waals surface area contributed by atoms with Crippen molar-refractivity contribution in [3.8, 4) is 0 Å². The van der Waals surface area contributed by atoms with Crippen LogP contribution in [0.2, 0.25) is 0 Å². The Balaban J connectivity index is 2.08. The molecule has 1 unspecified atom stereocenters. The third kappa shape index (κ3) is 1.62. The molecule has 3 heteroatoms. The van der Waals surface area contributed by atoms with Gasteiger partial charge in [0, 0.05) is 12.4 Å². The molecule has 12 heavy (non-hydrogen) atoms. The highest BCUT2D eigenvalue weighted by molar-refractivity contribution is 5.13. The van der Waals surface area contributed by atoms with Gasteiger partial charge in [0.1, 0.15) is 6.10 Å². The molecule has 1 aromatic rings. The number of pyridine rings is 1. The van der Waals surface area contributed by atoms with Gasteiger partial charge in [0.25, 0.3) is 0 Å². The van der Waals surface area contributed by atoms with E-state index in [0.29, 0.717) is 19.8 Å². The van der Waals surface area contributed by atoms with Crippen molar-refractivity contribution >= 4 is 0 Å². The molecule has 1 aliphatic rings. The molecule has 0 radical (unpaired) electrons. The van der Waals surface area contributed by atoms with E-state index >= 15 is 0 Å². The lowest BCUT2D eigenvalue weighted by molar-refractivity contribution is -0.0901. The average Bonchev–Trinajstić information content (AvgIpc) is 2.21. The van der Waals surface area contributed by atoms with Crippen LogP contribution in [0.25, 0.3) is 0 Å². The van der Waals surface area contributed by atoms with Crippen LogP contribution in [-0.4, -0.2) is 24.8 Å². The Kier molecular flexibility index (Phi) is 2.34. The summed E-state index contributed by atoms with van der Waals surface area (Å²) in [6.45, 7) is 2.05. The zero-order chi connectivity index (χ0) is 8.23. The van der Waals surface area contributed by atoms with Crippen molar-refractivity contribution in [2.24, 2.45) is 0 Å². The van der Waals surface area contributed by atoms with E-state index in [2.05, 4.69) is 4.98 Å². The lowest BCUT2D eigenvalue weighted by atomic mass is 10.1. The van der Waals surface area contributed by atoms with Gasteiger partial charge in [-0.15, -0.1) is 0 Å². The second-order valence-electron chi connectivity index (χ2n) is 2.71. The molecule has 64 valence electrons. The van der Waals surface area contributed by atoms with Gasteiger partial charge in [0.2, 0.25) is 0 Å². The van der Waals surface area contributed by atoms with Gasteiger partial charge < -0.3 is 9.47 Å². The summed E-state index contributed by atoms with van der Waals surface area (Å²) in [5.74, 6) is 0. The van der Waals surface area contributed by atoms with Gasteiger partial charge in [-0.1, -0.05) is 0 Å². The molecule has 0 aliphatic carbocycles. The van der Waals surface area contributed by atoms with Gasteiger partial charge in [-0.2, -0.15) is 0 Å². The number of aromatic nitrogens is 1. The lowest BCUT2D eigenvalue weighted by Gasteiger charge is -2.22. The van der Waals surface area contributed by atoms with Gasteiger partial charge in [-0.05, 0) is 17.7 Å². The van der Waals surface area contributed by atoms with Crippen LogP contribution in [0.5, 0.6) is 0 Å². The van der Waals surface area contributed by atoms with E-state index in [1.807, 2.05) is 12.1 Å². The van der Waals surface area contributed by atoms with Crippen LogP contribution >= 0.6 is 0 Å². The van der Waals surface area contributed by atoms with Gasteiger partial charge in [0.15, 0.2) is 0 Å². The summed E-state index contributed by atoms with van der Waals surface area (Å²) < 4.78 is 10.8. The number of nitrogens with zero attached hydrogens (tertiary/aromatic N) is 1. The summed E-state index contributed by atoms with van der Waals surface area (Å²) in [7, 11) is 0. The van der Waals surface area contributed by atoms with Gasteiger partial charge in [-0.3, -0.25) is 4.98 Å². The van der Waals surface area contributed by atoms with Crippen LogP contribution in [0.15, 0.2) is 24.5 Å². The van der Waals surface area contributed by atoms with Crippen LogP contribution in [0.3, 0.4) is 0 Å². The fourth-order valence-corrected chi connectivity index (χ4v) is 1.26. The number of hydrogen-bond acceptors (Lipinski definition) is 3. The maximum absolute atomic E-state index is 5.51. The summed E-state index contributed by atoms with van der Waals surface area (Å²) in [4.78, 5) is 3.94. The Hall–Kier alpha value is -0.930. The van der Waals surface area contributed by atoms with Crippen LogP contribution < -0.4 is 0 Å². The lowest BCUT2D eigenvalue weighted by Crippen LogP contribution is -2.21. The molecular weight excluding hydrogens is 154 g/mol. The largest absolute Gasteiger partial charge is 0.376 e. The van der Waals surface area contributed by atoms with E-state index in [-0.39, 0.29) is 6.10 Å². The second-order valence-corrected chi connectivity index (χ2v) is 2.71. The van der Waals surface area contributed by atoms with Crippen molar-refractivity contribution in [2.45, 2.75) is 6.10 Å². The first-order chi connectivity index (χ1) is 5.97. The standard InChI is InChI=1S/C9H11NO2/c1-3-10-4-2-8(1)9-7-11-5-6-12-9/h1-4,9H,5-7H2. The molecule has 0 aromatic carbocycles. The Bertz CT molecular complexity index is 232. The van der Waals surface area contributed by atoms with Crippen molar-refractivity contribution in [3.63, 3.8) is 0 Å². The van der Waals surface area contributed by atoms with Crippen molar-refractivity contribution in [2.75, 3.05) is 19.8 Å². The van der Waals surface area contributed by atoms with Crippen LogP contribution in [0, 0.1) is 0 Å². The van der Waals surface area contributed by atoms with Gasteiger partial charge >= 0.3 is 0 Å². The van der Waals surface area contributed by atoms with Crippen molar-refractivity contribution in [1.82, 2.24) is 4.98 Å². The zero-order valence-corrected chi connectivity index (χ0v) is 6.77. The summed E-state index contributed by atoms with van der Waals surface area (Å²) in [6, 6.07) is 3.92. The minimum atomic E-state index is 0.0988. The highest BCUT2D eigenvalue weighted by Crippen LogP contribution is 2.19. The van der Waals surface area contributed by atoms with Crippen molar-refractivity contribution < 1.29 is 9.47 Å². The number of hydrogen-bond donors (Lipinski definition) is 0. The molecule has 2 heterocycles. The average molecular weight is 165 g/mol. The number of ether oxygens (including phenoxy) is 2. The minimum absolute atomic E-state index is 0.0988. The molecule has 1 fully saturated rings. The normalized spacial score (nSPS) is 23.8. The summed E-state index contributed by atoms with van der Waals surface area (Å²) in [6.07, 6.45) is 3.64. The van der Waals surface area contributed by atoms with Crippen molar-refractivity contribution in [1.29, 1.82) is 0 Å².